The van der Waals surface area contributed by atoms with Crippen LogP contribution in [0.2, 0.25) is 0 Å². The lowest BCUT2D eigenvalue weighted by Gasteiger charge is -2.39. The van der Waals surface area contributed by atoms with Crippen LogP contribution in [0.1, 0.15) is 58.8 Å². The van der Waals surface area contributed by atoms with E-state index in [0.717, 1.165) is 32.1 Å². The molecule has 4 nitrogen and oxygen atoms in total. The van der Waals surface area contributed by atoms with E-state index in [4.69, 9.17) is 5.73 Å². The zero-order chi connectivity index (χ0) is 12.9. The zero-order valence-electron chi connectivity index (χ0n) is 11.1. The van der Waals surface area contributed by atoms with Crippen molar-refractivity contribution in [1.29, 1.82) is 0 Å². The van der Waals surface area contributed by atoms with Gasteiger partial charge in [-0.25, -0.2) is 0 Å². The van der Waals surface area contributed by atoms with Crippen molar-refractivity contribution in [2.24, 2.45) is 5.73 Å². The van der Waals surface area contributed by atoms with Crippen molar-refractivity contribution < 1.29 is 9.90 Å². The molecule has 17 heavy (non-hydrogen) atoms. The Kier molecular flexibility index (Phi) is 4.95. The molecule has 1 fully saturated rings. The molecule has 0 aromatic rings. The molecular formula is C13H26N2O2. The van der Waals surface area contributed by atoms with E-state index < -0.39 is 11.1 Å². The standard InChI is InChI=1S/C13H26N2O2/c1-3-7-12(2,14)11(17)15-13(10-16)8-5-4-6-9-13/h16H,3-10,14H2,1-2H3,(H,15,17). The second-order valence-corrected chi connectivity index (χ2v) is 5.62. The minimum atomic E-state index is -0.825. The van der Waals surface area contributed by atoms with Crippen LogP contribution in [0.15, 0.2) is 0 Å². The number of nitrogens with one attached hydrogen (secondary N) is 1. The lowest BCUT2D eigenvalue weighted by Crippen LogP contribution is -2.61. The van der Waals surface area contributed by atoms with Gasteiger partial charge in [0, 0.05) is 0 Å². The van der Waals surface area contributed by atoms with Gasteiger partial charge in [0.05, 0.1) is 17.7 Å². The quantitative estimate of drug-likeness (QED) is 0.680. The van der Waals surface area contributed by atoms with Crippen LogP contribution >= 0.6 is 0 Å². The first-order chi connectivity index (χ1) is 7.96. The second-order valence-electron chi connectivity index (χ2n) is 5.62. The van der Waals surface area contributed by atoms with Crippen molar-refractivity contribution in [3.8, 4) is 0 Å². The summed E-state index contributed by atoms with van der Waals surface area (Å²) in [6.07, 6.45) is 6.58. The Morgan fingerprint density at radius 1 is 1.41 bits per heavy atom. The van der Waals surface area contributed by atoms with Gasteiger partial charge >= 0.3 is 0 Å². The average molecular weight is 242 g/mol. The fourth-order valence-electron chi connectivity index (χ4n) is 2.57. The van der Waals surface area contributed by atoms with Gasteiger partial charge in [-0.3, -0.25) is 4.79 Å². The molecule has 1 aliphatic rings. The first kappa shape index (κ1) is 14.5. The number of amides is 1. The molecule has 0 spiro atoms. The van der Waals surface area contributed by atoms with Crippen molar-refractivity contribution in [3.63, 3.8) is 0 Å². The second kappa shape index (κ2) is 5.83. The molecule has 0 bridgehead atoms. The molecule has 1 rings (SSSR count). The summed E-state index contributed by atoms with van der Waals surface area (Å²) in [5.41, 5.74) is 4.76. The Morgan fingerprint density at radius 3 is 2.47 bits per heavy atom. The molecule has 4 heteroatoms. The van der Waals surface area contributed by atoms with Crippen molar-refractivity contribution in [2.45, 2.75) is 69.9 Å². The summed E-state index contributed by atoms with van der Waals surface area (Å²) in [6.45, 7) is 3.79. The number of rotatable bonds is 5. The van der Waals surface area contributed by atoms with Crippen LogP contribution in [-0.2, 0) is 4.79 Å². The molecule has 100 valence electrons. The predicted octanol–water partition coefficient (Wildman–Crippen LogP) is 1.32. The summed E-state index contributed by atoms with van der Waals surface area (Å²) >= 11 is 0. The van der Waals surface area contributed by atoms with Crippen LogP contribution in [0, 0.1) is 0 Å². The topological polar surface area (TPSA) is 75.4 Å². The molecule has 0 saturated heterocycles. The van der Waals surface area contributed by atoms with Gasteiger partial charge < -0.3 is 16.2 Å². The van der Waals surface area contributed by atoms with E-state index in [9.17, 15) is 9.90 Å². The van der Waals surface area contributed by atoms with E-state index in [2.05, 4.69) is 5.32 Å². The summed E-state index contributed by atoms with van der Waals surface area (Å²) in [4.78, 5) is 12.1. The lowest BCUT2D eigenvalue weighted by atomic mass is 9.81. The average Bonchev–Trinajstić information content (AvgIpc) is 2.30. The Labute approximate surface area is 104 Å². The van der Waals surface area contributed by atoms with E-state index >= 15 is 0 Å². The van der Waals surface area contributed by atoms with Gasteiger partial charge in [-0.05, 0) is 26.2 Å². The Morgan fingerprint density at radius 2 is 2.00 bits per heavy atom. The van der Waals surface area contributed by atoms with Gasteiger partial charge in [-0.15, -0.1) is 0 Å². The lowest BCUT2D eigenvalue weighted by molar-refractivity contribution is -0.129. The number of aliphatic hydroxyl groups excluding tert-OH is 1. The highest BCUT2D eigenvalue weighted by Gasteiger charge is 2.37. The van der Waals surface area contributed by atoms with E-state index in [1.807, 2.05) is 6.92 Å². The molecule has 0 aliphatic heterocycles. The van der Waals surface area contributed by atoms with Gasteiger partial charge in [-0.2, -0.15) is 0 Å². The van der Waals surface area contributed by atoms with Crippen LogP contribution in [-0.4, -0.2) is 28.7 Å². The van der Waals surface area contributed by atoms with Crippen LogP contribution in [0.25, 0.3) is 0 Å². The third-order valence-electron chi connectivity index (χ3n) is 3.78. The molecule has 1 atom stereocenters. The largest absolute Gasteiger partial charge is 0.394 e. The molecule has 4 N–H and O–H groups in total. The highest BCUT2D eigenvalue weighted by atomic mass is 16.3. The molecule has 1 amide bonds. The molecule has 0 heterocycles. The molecule has 1 aliphatic carbocycles. The minimum absolute atomic E-state index is 0.0148. The van der Waals surface area contributed by atoms with Crippen molar-refractivity contribution in [2.75, 3.05) is 6.61 Å². The maximum atomic E-state index is 12.1. The maximum absolute atomic E-state index is 12.1. The highest BCUT2D eigenvalue weighted by Crippen LogP contribution is 2.28. The van der Waals surface area contributed by atoms with Crippen LogP contribution < -0.4 is 11.1 Å². The molecule has 1 saturated carbocycles. The van der Waals surface area contributed by atoms with Crippen LogP contribution in [0.5, 0.6) is 0 Å². The number of carbonyl (C=O) groups is 1. The Bertz CT molecular complexity index is 258. The number of hydrogen-bond donors (Lipinski definition) is 3. The summed E-state index contributed by atoms with van der Waals surface area (Å²) < 4.78 is 0. The van der Waals surface area contributed by atoms with Gasteiger partial charge in [0.25, 0.3) is 0 Å². The fraction of sp³-hybridized carbons (Fsp3) is 0.923. The number of aliphatic hydroxyl groups is 1. The molecule has 1 unspecified atom stereocenters. The summed E-state index contributed by atoms with van der Waals surface area (Å²) in [6, 6.07) is 0. The number of carbonyl (C=O) groups excluding carboxylic acids is 1. The zero-order valence-corrected chi connectivity index (χ0v) is 11.1. The van der Waals surface area contributed by atoms with E-state index in [0.29, 0.717) is 6.42 Å². The predicted molar refractivity (Wildman–Crippen MR) is 68.5 cm³/mol. The first-order valence-electron chi connectivity index (χ1n) is 6.68. The van der Waals surface area contributed by atoms with Gasteiger partial charge in [0.15, 0.2) is 0 Å². The molecule has 0 aromatic carbocycles. The fourth-order valence-corrected chi connectivity index (χ4v) is 2.57. The highest BCUT2D eigenvalue weighted by molar-refractivity contribution is 5.86. The van der Waals surface area contributed by atoms with Gasteiger partial charge in [0.2, 0.25) is 5.91 Å². The Balaban J connectivity index is 2.64. The summed E-state index contributed by atoms with van der Waals surface area (Å²) in [5, 5.41) is 12.5. The molecule has 0 aromatic heterocycles. The monoisotopic (exact) mass is 242 g/mol. The van der Waals surface area contributed by atoms with Gasteiger partial charge in [0.1, 0.15) is 0 Å². The SMILES string of the molecule is CCCC(C)(N)C(=O)NC1(CO)CCCCC1. The van der Waals surface area contributed by atoms with E-state index in [-0.39, 0.29) is 12.5 Å². The third kappa shape index (κ3) is 3.68. The van der Waals surface area contributed by atoms with Crippen molar-refractivity contribution >= 4 is 5.91 Å². The minimum Gasteiger partial charge on any atom is -0.394 e. The number of hydrogen-bond acceptors (Lipinski definition) is 3. The smallest absolute Gasteiger partial charge is 0.240 e. The van der Waals surface area contributed by atoms with Crippen LogP contribution in [0.4, 0.5) is 0 Å². The van der Waals surface area contributed by atoms with Crippen molar-refractivity contribution in [3.05, 3.63) is 0 Å². The number of nitrogens with two attached hydrogens (primary N) is 1. The van der Waals surface area contributed by atoms with E-state index in [1.165, 1.54) is 6.42 Å². The summed E-state index contributed by atoms with van der Waals surface area (Å²) in [7, 11) is 0. The van der Waals surface area contributed by atoms with Gasteiger partial charge in [-0.1, -0.05) is 32.6 Å². The first-order valence-corrected chi connectivity index (χ1v) is 6.68. The Hall–Kier alpha value is -0.610. The third-order valence-corrected chi connectivity index (χ3v) is 3.78. The normalized spacial score (nSPS) is 22.8. The maximum Gasteiger partial charge on any atom is 0.240 e. The molecular weight excluding hydrogens is 216 g/mol. The van der Waals surface area contributed by atoms with Crippen molar-refractivity contribution in [1.82, 2.24) is 5.32 Å². The molecule has 0 radical (unpaired) electrons. The van der Waals surface area contributed by atoms with E-state index in [1.54, 1.807) is 6.92 Å². The summed E-state index contributed by atoms with van der Waals surface area (Å²) in [5.74, 6) is -0.129. The van der Waals surface area contributed by atoms with Crippen LogP contribution in [0.3, 0.4) is 0 Å².